The van der Waals surface area contributed by atoms with Gasteiger partial charge in [0.05, 0.1) is 6.20 Å². The lowest BCUT2D eigenvalue weighted by Crippen LogP contribution is -2.14. The van der Waals surface area contributed by atoms with Crippen molar-refractivity contribution in [1.82, 2.24) is 20.5 Å². The molecule has 0 aliphatic carbocycles. The van der Waals surface area contributed by atoms with Crippen molar-refractivity contribution in [3.8, 4) is 0 Å². The van der Waals surface area contributed by atoms with E-state index in [1.54, 1.807) is 10.9 Å². The molecule has 0 aliphatic rings. The van der Waals surface area contributed by atoms with Crippen molar-refractivity contribution in [1.29, 1.82) is 0 Å². The van der Waals surface area contributed by atoms with E-state index in [4.69, 9.17) is 5.21 Å². The molecule has 0 radical (unpaired) electrons. The predicted molar refractivity (Wildman–Crippen MR) is 69.1 cm³/mol. The van der Waals surface area contributed by atoms with E-state index in [1.807, 2.05) is 18.2 Å². The highest BCUT2D eigenvalue weighted by atomic mass is 16.5. The first kappa shape index (κ1) is 13.0. The molecule has 0 saturated carbocycles. The summed E-state index contributed by atoms with van der Waals surface area (Å²) in [5, 5.41) is 16.2. The van der Waals surface area contributed by atoms with Gasteiger partial charge in [0.25, 0.3) is 5.91 Å². The fourth-order valence-corrected chi connectivity index (χ4v) is 1.59. The number of benzene rings is 1. The molecular weight excluding hydrogens is 244 g/mol. The van der Waals surface area contributed by atoms with Crippen molar-refractivity contribution in [3.63, 3.8) is 0 Å². The molecule has 19 heavy (non-hydrogen) atoms. The van der Waals surface area contributed by atoms with Crippen molar-refractivity contribution in [2.24, 2.45) is 0 Å². The van der Waals surface area contributed by atoms with E-state index in [0.717, 1.165) is 13.0 Å². The number of rotatable bonds is 5. The highest BCUT2D eigenvalue weighted by molar-refractivity contribution is 5.90. The summed E-state index contributed by atoms with van der Waals surface area (Å²) in [6, 6.07) is 10.1. The van der Waals surface area contributed by atoms with Crippen LogP contribution in [0.4, 0.5) is 0 Å². The third kappa shape index (κ3) is 4.04. The maximum absolute atomic E-state index is 10.8. The Bertz CT molecular complexity index is 563. The Balaban J connectivity index is 1.91. The largest absolute Gasteiger partial charge is 0.288 e. The smallest absolute Gasteiger partial charge is 0.267 e. The zero-order valence-electron chi connectivity index (χ0n) is 10.2. The first-order valence-electron chi connectivity index (χ1n) is 5.84. The summed E-state index contributed by atoms with van der Waals surface area (Å²) >= 11 is 0. The maximum atomic E-state index is 10.8. The minimum atomic E-state index is -0.598. The summed E-state index contributed by atoms with van der Waals surface area (Å²) in [7, 11) is 0. The lowest BCUT2D eigenvalue weighted by atomic mass is 10.1. The van der Waals surface area contributed by atoms with Gasteiger partial charge in [-0.3, -0.25) is 14.7 Å². The van der Waals surface area contributed by atoms with E-state index in [1.165, 1.54) is 23.2 Å². The molecule has 0 spiro atoms. The molecule has 1 aromatic carbocycles. The molecule has 1 amide bonds. The van der Waals surface area contributed by atoms with E-state index in [-0.39, 0.29) is 0 Å². The summed E-state index contributed by atoms with van der Waals surface area (Å²) in [5.74, 6) is -0.598. The van der Waals surface area contributed by atoms with Gasteiger partial charge in [-0.25, -0.2) is 5.48 Å². The van der Waals surface area contributed by atoms with Gasteiger partial charge < -0.3 is 0 Å². The van der Waals surface area contributed by atoms with Crippen LogP contribution in [0.25, 0.3) is 6.08 Å². The van der Waals surface area contributed by atoms with Gasteiger partial charge in [-0.2, -0.15) is 0 Å². The summed E-state index contributed by atoms with van der Waals surface area (Å²) < 4.78 is 1.71. The third-order valence-electron chi connectivity index (χ3n) is 2.54. The van der Waals surface area contributed by atoms with E-state index >= 15 is 0 Å². The van der Waals surface area contributed by atoms with Crippen LogP contribution in [0.2, 0.25) is 0 Å². The zero-order valence-corrected chi connectivity index (χ0v) is 10.2. The van der Waals surface area contributed by atoms with Crippen LogP contribution in [0.5, 0.6) is 0 Å². The summed E-state index contributed by atoms with van der Waals surface area (Å²) in [6.07, 6.45) is 5.28. The quantitative estimate of drug-likeness (QED) is 0.477. The van der Waals surface area contributed by atoms with Gasteiger partial charge in [0.2, 0.25) is 0 Å². The molecule has 0 fully saturated rings. The Kier molecular flexibility index (Phi) is 4.41. The molecular formula is C13H14N4O2. The Morgan fingerprint density at radius 3 is 2.89 bits per heavy atom. The maximum Gasteiger partial charge on any atom is 0.267 e. The fourth-order valence-electron chi connectivity index (χ4n) is 1.59. The zero-order chi connectivity index (χ0) is 13.5. The summed E-state index contributed by atoms with van der Waals surface area (Å²) in [6.45, 7) is 0.719. The lowest BCUT2D eigenvalue weighted by molar-refractivity contribution is -0.124. The van der Waals surface area contributed by atoms with Gasteiger partial charge in [-0.1, -0.05) is 35.5 Å². The number of hydrogen-bond acceptors (Lipinski definition) is 4. The van der Waals surface area contributed by atoms with Gasteiger partial charge in [-0.05, 0) is 18.1 Å². The minimum Gasteiger partial charge on any atom is -0.288 e. The van der Waals surface area contributed by atoms with Gasteiger partial charge >= 0.3 is 0 Å². The number of amides is 1. The number of aromatic nitrogens is 3. The topological polar surface area (TPSA) is 80.0 Å². The number of hydrogen-bond donors (Lipinski definition) is 2. The first-order chi connectivity index (χ1) is 9.28. The molecule has 0 bridgehead atoms. The number of carbonyl (C=O) groups is 1. The number of carbonyl (C=O) groups excluding carboxylic acids is 1. The van der Waals surface area contributed by atoms with Gasteiger partial charge in [0, 0.05) is 12.6 Å². The van der Waals surface area contributed by atoms with Crippen LogP contribution < -0.4 is 5.48 Å². The highest BCUT2D eigenvalue weighted by Gasteiger charge is 1.99. The lowest BCUT2D eigenvalue weighted by Gasteiger charge is -2.00. The fraction of sp³-hybridized carbons (Fsp3) is 0.154. The Morgan fingerprint density at radius 2 is 2.16 bits per heavy atom. The molecule has 2 aromatic rings. The minimum absolute atomic E-state index is 0.566. The van der Waals surface area contributed by atoms with Gasteiger partial charge in [0.15, 0.2) is 0 Å². The normalized spacial score (nSPS) is 10.8. The molecule has 1 heterocycles. The second-order valence-electron chi connectivity index (χ2n) is 3.95. The van der Waals surface area contributed by atoms with Crippen LogP contribution in [0.1, 0.15) is 11.3 Å². The number of aryl methyl sites for hydroxylation is 2. The molecule has 6 nitrogen and oxygen atoms in total. The molecule has 6 heteroatoms. The molecule has 0 atom stereocenters. The monoisotopic (exact) mass is 258 g/mol. The second-order valence-corrected chi connectivity index (χ2v) is 3.95. The van der Waals surface area contributed by atoms with E-state index in [0.29, 0.717) is 5.69 Å². The predicted octanol–water partition coefficient (Wildman–Crippen LogP) is 1.04. The third-order valence-corrected chi connectivity index (χ3v) is 2.54. The van der Waals surface area contributed by atoms with Crippen LogP contribution in [0, 0.1) is 0 Å². The number of nitrogens with one attached hydrogen (secondary N) is 1. The van der Waals surface area contributed by atoms with E-state index in [9.17, 15) is 4.79 Å². The molecule has 2 rings (SSSR count). The van der Waals surface area contributed by atoms with Crippen molar-refractivity contribution in [2.75, 3.05) is 0 Å². The Labute approximate surface area is 110 Å². The Morgan fingerprint density at radius 1 is 1.37 bits per heavy atom. The molecule has 0 aliphatic heterocycles. The van der Waals surface area contributed by atoms with Crippen LogP contribution in [0.3, 0.4) is 0 Å². The number of hydroxylamine groups is 1. The van der Waals surface area contributed by atoms with Crippen molar-refractivity contribution in [2.45, 2.75) is 13.0 Å². The average molecular weight is 258 g/mol. The van der Waals surface area contributed by atoms with Crippen molar-refractivity contribution in [3.05, 3.63) is 53.9 Å². The second kappa shape index (κ2) is 6.46. The van der Waals surface area contributed by atoms with Crippen LogP contribution in [-0.4, -0.2) is 26.1 Å². The van der Waals surface area contributed by atoms with Crippen LogP contribution in [0.15, 0.2) is 42.6 Å². The summed E-state index contributed by atoms with van der Waals surface area (Å²) in [4.78, 5) is 10.8. The van der Waals surface area contributed by atoms with E-state index in [2.05, 4.69) is 22.4 Å². The molecule has 0 unspecified atom stereocenters. The van der Waals surface area contributed by atoms with Crippen LogP contribution in [-0.2, 0) is 17.8 Å². The van der Waals surface area contributed by atoms with Gasteiger partial charge in [-0.15, -0.1) is 5.10 Å². The standard InChI is InChI=1S/C13H14N4O2/c18-13(15-19)7-6-12-10-17(16-14-12)9-8-11-4-2-1-3-5-11/h1-7,10,19H,8-9H2,(H,15,18)/b7-6+. The molecule has 2 N–H and O–H groups in total. The van der Waals surface area contributed by atoms with Crippen LogP contribution >= 0.6 is 0 Å². The van der Waals surface area contributed by atoms with Crippen molar-refractivity contribution >= 4 is 12.0 Å². The number of nitrogens with zero attached hydrogens (tertiary/aromatic N) is 3. The summed E-state index contributed by atoms with van der Waals surface area (Å²) in [5.41, 5.74) is 3.31. The molecule has 1 aromatic heterocycles. The molecule has 98 valence electrons. The average Bonchev–Trinajstić information content (AvgIpc) is 2.91. The van der Waals surface area contributed by atoms with Gasteiger partial charge in [0.1, 0.15) is 5.69 Å². The SMILES string of the molecule is O=C(/C=C/c1cn(CCc2ccccc2)nn1)NO. The van der Waals surface area contributed by atoms with E-state index < -0.39 is 5.91 Å². The van der Waals surface area contributed by atoms with Crippen molar-refractivity contribution < 1.29 is 10.0 Å². The Hall–Kier alpha value is -2.47. The molecule has 0 saturated heterocycles. The first-order valence-corrected chi connectivity index (χ1v) is 5.84. The highest BCUT2D eigenvalue weighted by Crippen LogP contribution is 2.02.